The first-order valence-electron chi connectivity index (χ1n) is 6.46. The summed E-state index contributed by atoms with van der Waals surface area (Å²) in [5.74, 6) is 0.668. The first kappa shape index (κ1) is 13.9. The minimum Gasteiger partial charge on any atom is -0.478 e. The summed E-state index contributed by atoms with van der Waals surface area (Å²) in [5, 5.41) is 8.93. The third-order valence-corrected chi connectivity index (χ3v) is 2.96. The average Bonchev–Trinajstić information content (AvgIpc) is 3.15. The number of carboxylic acids is 1. The lowest BCUT2D eigenvalue weighted by Gasteiger charge is -2.03. The number of furan rings is 1. The van der Waals surface area contributed by atoms with E-state index in [0.717, 1.165) is 0 Å². The van der Waals surface area contributed by atoms with E-state index in [1.54, 1.807) is 19.1 Å². The predicted molar refractivity (Wildman–Crippen MR) is 74.5 cm³/mol. The van der Waals surface area contributed by atoms with Gasteiger partial charge in [-0.3, -0.25) is 0 Å². The Balaban J connectivity index is 1.74. The van der Waals surface area contributed by atoms with E-state index in [2.05, 4.69) is 9.97 Å². The molecule has 0 unspecified atom stereocenters. The molecule has 7 heteroatoms. The molecule has 3 rings (SSSR count). The molecule has 0 amide bonds. The topological polar surface area (TPSA) is 98.6 Å². The van der Waals surface area contributed by atoms with Gasteiger partial charge in [0.1, 0.15) is 18.1 Å². The summed E-state index contributed by atoms with van der Waals surface area (Å²) >= 11 is 0. The van der Waals surface area contributed by atoms with Crippen LogP contribution in [0.15, 0.2) is 45.6 Å². The Morgan fingerprint density at radius 2 is 2.27 bits per heavy atom. The Labute approximate surface area is 125 Å². The van der Waals surface area contributed by atoms with Crippen molar-refractivity contribution in [1.29, 1.82) is 0 Å². The number of aryl methyl sites for hydroxylation is 1. The zero-order valence-corrected chi connectivity index (χ0v) is 11.6. The van der Waals surface area contributed by atoms with Gasteiger partial charge in [-0.15, -0.1) is 0 Å². The minimum absolute atomic E-state index is 0.109. The summed E-state index contributed by atoms with van der Waals surface area (Å²) < 4.78 is 16.2. The van der Waals surface area contributed by atoms with Crippen molar-refractivity contribution in [2.75, 3.05) is 0 Å². The highest BCUT2D eigenvalue weighted by atomic mass is 16.5. The summed E-state index contributed by atoms with van der Waals surface area (Å²) in [4.78, 5) is 19.2. The molecule has 3 aromatic heterocycles. The van der Waals surface area contributed by atoms with Gasteiger partial charge in [-0.2, -0.15) is 0 Å². The molecule has 0 radical (unpaired) electrons. The zero-order valence-electron chi connectivity index (χ0n) is 11.6. The van der Waals surface area contributed by atoms with E-state index in [4.69, 9.17) is 18.7 Å². The Morgan fingerprint density at radius 1 is 1.41 bits per heavy atom. The Hall–Kier alpha value is -3.09. The number of pyridine rings is 1. The average molecular weight is 300 g/mol. The van der Waals surface area contributed by atoms with Crippen LogP contribution in [-0.4, -0.2) is 21.0 Å². The molecule has 0 aliphatic carbocycles. The van der Waals surface area contributed by atoms with E-state index >= 15 is 0 Å². The quantitative estimate of drug-likeness (QED) is 0.773. The van der Waals surface area contributed by atoms with Crippen LogP contribution in [0.1, 0.15) is 21.8 Å². The fraction of sp³-hybridized carbons (Fsp3) is 0.133. The van der Waals surface area contributed by atoms with Crippen molar-refractivity contribution in [2.24, 2.45) is 0 Å². The van der Waals surface area contributed by atoms with E-state index in [9.17, 15) is 4.79 Å². The molecule has 7 nitrogen and oxygen atoms in total. The Bertz CT molecular complexity index is 792. The number of hydrogen-bond donors (Lipinski definition) is 1. The lowest BCUT2D eigenvalue weighted by atomic mass is 10.3. The van der Waals surface area contributed by atoms with Gasteiger partial charge in [0.2, 0.25) is 5.88 Å². The van der Waals surface area contributed by atoms with Crippen molar-refractivity contribution in [2.45, 2.75) is 13.5 Å². The van der Waals surface area contributed by atoms with Crippen molar-refractivity contribution in [3.05, 3.63) is 53.7 Å². The van der Waals surface area contributed by atoms with E-state index in [1.165, 1.54) is 24.6 Å². The number of carboxylic acid groups (broad SMARTS) is 1. The van der Waals surface area contributed by atoms with Crippen LogP contribution in [0.4, 0.5) is 0 Å². The number of aromatic carboxylic acids is 1. The van der Waals surface area contributed by atoms with Gasteiger partial charge < -0.3 is 18.7 Å². The number of nitrogens with zero attached hydrogens (tertiary/aromatic N) is 2. The third kappa shape index (κ3) is 2.83. The molecule has 0 bridgehead atoms. The van der Waals surface area contributed by atoms with Crippen LogP contribution in [0.25, 0.3) is 11.7 Å². The van der Waals surface area contributed by atoms with Crippen LogP contribution in [0.3, 0.4) is 0 Å². The molecule has 0 aromatic carbocycles. The molecule has 112 valence electrons. The van der Waals surface area contributed by atoms with Crippen LogP contribution < -0.4 is 4.74 Å². The molecule has 0 saturated carbocycles. The van der Waals surface area contributed by atoms with Crippen LogP contribution in [-0.2, 0) is 6.61 Å². The number of ether oxygens (including phenoxy) is 1. The van der Waals surface area contributed by atoms with E-state index in [1.807, 2.05) is 0 Å². The van der Waals surface area contributed by atoms with Crippen LogP contribution in [0.2, 0.25) is 0 Å². The van der Waals surface area contributed by atoms with E-state index < -0.39 is 5.97 Å². The van der Waals surface area contributed by atoms with Crippen LogP contribution in [0.5, 0.6) is 5.88 Å². The van der Waals surface area contributed by atoms with Gasteiger partial charge in [0.05, 0.1) is 11.8 Å². The van der Waals surface area contributed by atoms with Crippen molar-refractivity contribution in [3.8, 4) is 17.5 Å². The fourth-order valence-corrected chi connectivity index (χ4v) is 1.83. The number of rotatable bonds is 5. The van der Waals surface area contributed by atoms with Crippen molar-refractivity contribution >= 4 is 5.97 Å². The first-order valence-corrected chi connectivity index (χ1v) is 6.46. The van der Waals surface area contributed by atoms with Gasteiger partial charge in [-0.25, -0.2) is 14.8 Å². The fourth-order valence-electron chi connectivity index (χ4n) is 1.83. The highest BCUT2D eigenvalue weighted by Gasteiger charge is 2.14. The van der Waals surface area contributed by atoms with Crippen molar-refractivity contribution in [1.82, 2.24) is 9.97 Å². The molecule has 0 atom stereocenters. The monoisotopic (exact) mass is 300 g/mol. The van der Waals surface area contributed by atoms with Crippen molar-refractivity contribution in [3.63, 3.8) is 0 Å². The maximum atomic E-state index is 10.9. The molecule has 1 N–H and O–H groups in total. The number of oxazole rings is 1. The van der Waals surface area contributed by atoms with Gasteiger partial charge in [0.25, 0.3) is 5.89 Å². The largest absolute Gasteiger partial charge is 0.478 e. The standard InChI is InChI=1S/C15H12N2O5/c1-9-11(17-14(22-9)12-3-2-6-20-12)8-21-13-7-10(15(18)19)4-5-16-13/h2-7H,8H2,1H3,(H,18,19). The number of aromatic nitrogens is 2. The van der Waals surface area contributed by atoms with Crippen molar-refractivity contribution < 1.29 is 23.5 Å². The second kappa shape index (κ2) is 5.72. The normalized spacial score (nSPS) is 10.6. The highest BCUT2D eigenvalue weighted by molar-refractivity contribution is 5.87. The number of carbonyl (C=O) groups is 1. The molecule has 3 heterocycles. The lowest BCUT2D eigenvalue weighted by molar-refractivity contribution is 0.0696. The molecule has 3 aromatic rings. The molecule has 22 heavy (non-hydrogen) atoms. The second-order valence-corrected chi connectivity index (χ2v) is 4.48. The first-order chi connectivity index (χ1) is 10.6. The molecule has 0 aliphatic rings. The molecule has 0 spiro atoms. The van der Waals surface area contributed by atoms with Gasteiger partial charge in [-0.05, 0) is 25.1 Å². The smallest absolute Gasteiger partial charge is 0.335 e. The summed E-state index contributed by atoms with van der Waals surface area (Å²) in [5.41, 5.74) is 0.701. The second-order valence-electron chi connectivity index (χ2n) is 4.48. The predicted octanol–water partition coefficient (Wildman–Crippen LogP) is 2.92. The maximum absolute atomic E-state index is 10.9. The molecular weight excluding hydrogens is 288 g/mol. The Kier molecular flexibility index (Phi) is 3.61. The molecule has 0 fully saturated rings. The third-order valence-electron chi connectivity index (χ3n) is 2.96. The summed E-state index contributed by atoms with van der Waals surface area (Å²) in [6.45, 7) is 1.88. The van der Waals surface area contributed by atoms with E-state index in [-0.39, 0.29) is 18.1 Å². The summed E-state index contributed by atoms with van der Waals surface area (Å²) in [6.07, 6.45) is 2.91. The summed E-state index contributed by atoms with van der Waals surface area (Å²) in [6, 6.07) is 6.23. The number of hydrogen-bond acceptors (Lipinski definition) is 6. The SMILES string of the molecule is Cc1oc(-c2ccco2)nc1COc1cc(C(=O)O)ccn1. The van der Waals surface area contributed by atoms with Crippen LogP contribution in [0, 0.1) is 6.92 Å². The highest BCUT2D eigenvalue weighted by Crippen LogP contribution is 2.22. The van der Waals surface area contributed by atoms with Crippen LogP contribution >= 0.6 is 0 Å². The summed E-state index contributed by atoms with van der Waals surface area (Å²) in [7, 11) is 0. The van der Waals surface area contributed by atoms with Gasteiger partial charge in [-0.1, -0.05) is 0 Å². The Morgan fingerprint density at radius 3 is 3.00 bits per heavy atom. The zero-order chi connectivity index (χ0) is 15.5. The van der Waals surface area contributed by atoms with E-state index in [0.29, 0.717) is 23.1 Å². The van der Waals surface area contributed by atoms with Gasteiger partial charge >= 0.3 is 5.97 Å². The van der Waals surface area contributed by atoms with Gasteiger partial charge in [0.15, 0.2) is 5.76 Å². The molecule has 0 aliphatic heterocycles. The lowest BCUT2D eigenvalue weighted by Crippen LogP contribution is -2.02. The maximum Gasteiger partial charge on any atom is 0.335 e. The van der Waals surface area contributed by atoms with Gasteiger partial charge in [0, 0.05) is 12.3 Å². The minimum atomic E-state index is -1.04. The molecular formula is C15H12N2O5. The molecule has 0 saturated heterocycles.